The molecular weight excluding hydrogens is 294 g/mol. The Kier molecular flexibility index (Phi) is 6.17. The second-order valence-electron chi connectivity index (χ2n) is 4.70. The van der Waals surface area contributed by atoms with Gasteiger partial charge in [-0.1, -0.05) is 26.7 Å². The third-order valence-electron chi connectivity index (χ3n) is 3.43. The first-order chi connectivity index (χ1) is 9.85. The third kappa shape index (κ3) is 4.44. The summed E-state index contributed by atoms with van der Waals surface area (Å²) in [6, 6.07) is 3.78. The molecule has 0 saturated carbocycles. The third-order valence-corrected chi connectivity index (χ3v) is 4.85. The molecule has 1 rings (SSSR count). The number of hydrogen-bond acceptors (Lipinski definition) is 4. The smallest absolute Gasteiger partial charge is 0.339 e. The minimum atomic E-state index is -3.73. The van der Waals surface area contributed by atoms with Crippen molar-refractivity contribution in [2.75, 3.05) is 13.7 Å². The maximum absolute atomic E-state index is 12.2. The molecule has 0 fully saturated rings. The van der Waals surface area contributed by atoms with Gasteiger partial charge in [-0.2, -0.15) is 0 Å². The molecule has 6 nitrogen and oxygen atoms in total. The van der Waals surface area contributed by atoms with Crippen molar-refractivity contribution in [3.63, 3.8) is 0 Å². The van der Waals surface area contributed by atoms with Gasteiger partial charge in [-0.3, -0.25) is 0 Å². The zero-order chi connectivity index (χ0) is 16.0. The van der Waals surface area contributed by atoms with Gasteiger partial charge in [-0.15, -0.1) is 0 Å². The average molecular weight is 315 g/mol. The Morgan fingerprint density at radius 3 is 2.43 bits per heavy atom. The van der Waals surface area contributed by atoms with Gasteiger partial charge >= 0.3 is 5.97 Å². The molecule has 0 saturated heterocycles. The van der Waals surface area contributed by atoms with Gasteiger partial charge in [0.05, 0.1) is 12.0 Å². The SMILES string of the molecule is CCC(CC)CNS(=O)(=O)c1ccc(OC)c(C(=O)O)c1. The van der Waals surface area contributed by atoms with Gasteiger partial charge in [0.2, 0.25) is 10.0 Å². The van der Waals surface area contributed by atoms with E-state index >= 15 is 0 Å². The Hall–Kier alpha value is -1.60. The van der Waals surface area contributed by atoms with Gasteiger partial charge in [0.1, 0.15) is 11.3 Å². The number of sulfonamides is 1. The van der Waals surface area contributed by atoms with Crippen LogP contribution in [-0.4, -0.2) is 33.1 Å². The standard InChI is InChI=1S/C14H21NO5S/c1-4-10(5-2)9-15-21(18,19)11-6-7-13(20-3)12(8-11)14(16)17/h6-8,10,15H,4-5,9H2,1-3H3,(H,16,17). The molecule has 0 heterocycles. The van der Waals surface area contributed by atoms with Gasteiger partial charge in [-0.05, 0) is 24.1 Å². The Morgan fingerprint density at radius 1 is 1.33 bits per heavy atom. The number of carboxylic acids is 1. The van der Waals surface area contributed by atoms with Crippen molar-refractivity contribution in [1.29, 1.82) is 0 Å². The van der Waals surface area contributed by atoms with Crippen LogP contribution in [0.5, 0.6) is 5.75 Å². The van der Waals surface area contributed by atoms with E-state index < -0.39 is 16.0 Å². The molecule has 0 radical (unpaired) electrons. The van der Waals surface area contributed by atoms with Crippen LogP contribution in [0.3, 0.4) is 0 Å². The molecule has 0 atom stereocenters. The molecule has 0 amide bonds. The van der Waals surface area contributed by atoms with Crippen molar-refractivity contribution in [1.82, 2.24) is 4.72 Å². The Labute approximate surface area is 125 Å². The summed E-state index contributed by atoms with van der Waals surface area (Å²) in [5.74, 6) is -0.845. The van der Waals surface area contributed by atoms with E-state index in [0.29, 0.717) is 6.54 Å². The second kappa shape index (κ2) is 7.42. The van der Waals surface area contributed by atoms with Crippen LogP contribution < -0.4 is 9.46 Å². The van der Waals surface area contributed by atoms with Gasteiger partial charge < -0.3 is 9.84 Å². The van der Waals surface area contributed by atoms with E-state index in [4.69, 9.17) is 9.84 Å². The summed E-state index contributed by atoms with van der Waals surface area (Å²) in [4.78, 5) is 11.0. The van der Waals surface area contributed by atoms with Crippen molar-refractivity contribution in [3.05, 3.63) is 23.8 Å². The van der Waals surface area contributed by atoms with E-state index in [1.54, 1.807) is 0 Å². The monoisotopic (exact) mass is 315 g/mol. The average Bonchev–Trinajstić information content (AvgIpc) is 2.47. The minimum absolute atomic E-state index is 0.0772. The molecule has 1 aromatic carbocycles. The number of methoxy groups -OCH3 is 1. The number of nitrogens with one attached hydrogen (secondary N) is 1. The van der Waals surface area contributed by atoms with Crippen LogP contribution in [0.25, 0.3) is 0 Å². The van der Waals surface area contributed by atoms with Crippen molar-refractivity contribution in [2.45, 2.75) is 31.6 Å². The lowest BCUT2D eigenvalue weighted by molar-refractivity contribution is 0.0693. The maximum atomic E-state index is 12.2. The number of aromatic carboxylic acids is 1. The molecular formula is C14H21NO5S. The molecule has 118 valence electrons. The number of hydrogen-bond donors (Lipinski definition) is 2. The van der Waals surface area contributed by atoms with Gasteiger partial charge in [-0.25, -0.2) is 17.9 Å². The highest BCUT2D eigenvalue weighted by Gasteiger charge is 2.20. The lowest BCUT2D eigenvalue weighted by atomic mass is 10.0. The van der Waals surface area contributed by atoms with Gasteiger partial charge in [0.15, 0.2) is 0 Å². The molecule has 1 aromatic rings. The molecule has 0 aliphatic carbocycles. The topological polar surface area (TPSA) is 92.7 Å². The fourth-order valence-corrected chi connectivity index (χ4v) is 3.05. The maximum Gasteiger partial charge on any atom is 0.339 e. The molecule has 2 N–H and O–H groups in total. The highest BCUT2D eigenvalue weighted by atomic mass is 32.2. The zero-order valence-electron chi connectivity index (χ0n) is 12.4. The number of ether oxygens (including phenoxy) is 1. The van der Waals surface area contributed by atoms with Crippen molar-refractivity contribution < 1.29 is 23.1 Å². The second-order valence-corrected chi connectivity index (χ2v) is 6.47. The predicted molar refractivity (Wildman–Crippen MR) is 79.2 cm³/mol. The molecule has 0 aromatic heterocycles. The normalized spacial score (nSPS) is 11.6. The largest absolute Gasteiger partial charge is 0.496 e. The van der Waals surface area contributed by atoms with Gasteiger partial charge in [0.25, 0.3) is 0 Å². The first-order valence-corrected chi connectivity index (χ1v) is 8.25. The fraction of sp³-hybridized carbons (Fsp3) is 0.500. The molecule has 0 spiro atoms. The molecule has 0 aliphatic rings. The fourth-order valence-electron chi connectivity index (χ4n) is 1.91. The van der Waals surface area contributed by atoms with Crippen LogP contribution in [0.2, 0.25) is 0 Å². The highest BCUT2D eigenvalue weighted by molar-refractivity contribution is 7.89. The summed E-state index contributed by atoms with van der Waals surface area (Å²) < 4.78 is 31.8. The number of carboxylic acid groups (broad SMARTS) is 1. The predicted octanol–water partition coefficient (Wildman–Crippen LogP) is 2.11. The van der Waals surface area contributed by atoms with Crippen LogP contribution >= 0.6 is 0 Å². The van der Waals surface area contributed by atoms with Crippen molar-refractivity contribution >= 4 is 16.0 Å². The van der Waals surface area contributed by atoms with E-state index in [1.165, 1.54) is 19.2 Å². The number of benzene rings is 1. The summed E-state index contributed by atoms with van der Waals surface area (Å²) >= 11 is 0. The lowest BCUT2D eigenvalue weighted by Gasteiger charge is -2.14. The van der Waals surface area contributed by atoms with Crippen LogP contribution in [0.1, 0.15) is 37.0 Å². The van der Waals surface area contributed by atoms with E-state index in [1.807, 2.05) is 13.8 Å². The Morgan fingerprint density at radius 2 is 1.95 bits per heavy atom. The van der Waals surface area contributed by atoms with Crippen molar-refractivity contribution in [3.8, 4) is 5.75 Å². The number of carbonyl (C=O) groups is 1. The molecule has 21 heavy (non-hydrogen) atoms. The van der Waals surface area contributed by atoms with Crippen molar-refractivity contribution in [2.24, 2.45) is 5.92 Å². The van der Waals surface area contributed by atoms with Crippen LogP contribution in [-0.2, 0) is 10.0 Å². The molecule has 0 unspecified atom stereocenters. The summed E-state index contributed by atoms with van der Waals surface area (Å²) in [6.07, 6.45) is 1.75. The van der Waals surface area contributed by atoms with E-state index in [-0.39, 0.29) is 22.1 Å². The molecule has 7 heteroatoms. The lowest BCUT2D eigenvalue weighted by Crippen LogP contribution is -2.29. The quantitative estimate of drug-likeness (QED) is 0.766. The minimum Gasteiger partial charge on any atom is -0.496 e. The Bertz CT molecular complexity index is 593. The van der Waals surface area contributed by atoms with Crippen LogP contribution in [0.15, 0.2) is 23.1 Å². The van der Waals surface area contributed by atoms with E-state index in [0.717, 1.165) is 18.9 Å². The zero-order valence-corrected chi connectivity index (χ0v) is 13.2. The number of rotatable bonds is 8. The van der Waals surface area contributed by atoms with E-state index in [9.17, 15) is 13.2 Å². The molecule has 0 aliphatic heterocycles. The summed E-state index contributed by atoms with van der Waals surface area (Å²) in [7, 11) is -2.39. The summed E-state index contributed by atoms with van der Waals surface area (Å²) in [5.41, 5.74) is -0.178. The summed E-state index contributed by atoms with van der Waals surface area (Å²) in [6.45, 7) is 4.33. The molecule has 0 bridgehead atoms. The van der Waals surface area contributed by atoms with Crippen LogP contribution in [0.4, 0.5) is 0 Å². The highest BCUT2D eigenvalue weighted by Crippen LogP contribution is 2.22. The summed E-state index contributed by atoms with van der Waals surface area (Å²) in [5, 5.41) is 9.09. The van der Waals surface area contributed by atoms with Gasteiger partial charge in [0, 0.05) is 6.54 Å². The Balaban J connectivity index is 3.03. The van der Waals surface area contributed by atoms with E-state index in [2.05, 4.69) is 4.72 Å². The first-order valence-electron chi connectivity index (χ1n) is 6.76. The van der Waals surface area contributed by atoms with Crippen LogP contribution in [0, 0.1) is 5.92 Å². The first kappa shape index (κ1) is 17.5.